The van der Waals surface area contributed by atoms with E-state index in [1.54, 1.807) is 24.3 Å². The highest BCUT2D eigenvalue weighted by Gasteiger charge is 2.21. The molecule has 5 nitrogen and oxygen atoms in total. The van der Waals surface area contributed by atoms with Crippen molar-refractivity contribution < 1.29 is 17.6 Å². The van der Waals surface area contributed by atoms with Gasteiger partial charge in [0.25, 0.3) is 5.91 Å². The summed E-state index contributed by atoms with van der Waals surface area (Å²) in [5.41, 5.74) is 1.52. The van der Waals surface area contributed by atoms with Crippen LogP contribution in [0.4, 0.5) is 10.1 Å². The number of sulfonamides is 1. The van der Waals surface area contributed by atoms with E-state index in [0.717, 1.165) is 22.6 Å². The number of carbonyl (C=O) groups excluding carboxylic acids is 1. The number of hydrogen-bond donors (Lipinski definition) is 2. The van der Waals surface area contributed by atoms with Crippen molar-refractivity contribution in [2.24, 2.45) is 0 Å². The minimum Gasteiger partial charge on any atom is -0.322 e. The average molecular weight is 404 g/mol. The Morgan fingerprint density at radius 3 is 2.59 bits per heavy atom. The van der Waals surface area contributed by atoms with Crippen LogP contribution < -0.4 is 10.0 Å². The molecule has 3 rings (SSSR count). The number of rotatable bonds is 6. The van der Waals surface area contributed by atoms with Gasteiger partial charge < -0.3 is 5.32 Å². The predicted molar refractivity (Wildman–Crippen MR) is 104 cm³/mol. The maximum Gasteiger partial charge on any atom is 0.255 e. The molecule has 0 bridgehead atoms. The number of thiophene rings is 1. The Balaban J connectivity index is 1.83. The van der Waals surface area contributed by atoms with Crippen molar-refractivity contribution in [1.29, 1.82) is 0 Å². The molecule has 0 radical (unpaired) electrons. The lowest BCUT2D eigenvalue weighted by atomic mass is 10.1. The van der Waals surface area contributed by atoms with Crippen molar-refractivity contribution in [3.05, 3.63) is 81.8 Å². The van der Waals surface area contributed by atoms with Crippen LogP contribution in [-0.2, 0) is 16.6 Å². The second-order valence-electron chi connectivity index (χ2n) is 5.82. The zero-order chi connectivity index (χ0) is 19.4. The summed E-state index contributed by atoms with van der Waals surface area (Å²) in [4.78, 5) is 12.7. The summed E-state index contributed by atoms with van der Waals surface area (Å²) in [5.74, 6) is -1.43. The molecule has 140 valence electrons. The number of carbonyl (C=O) groups is 1. The van der Waals surface area contributed by atoms with Crippen molar-refractivity contribution in [3.63, 3.8) is 0 Å². The van der Waals surface area contributed by atoms with E-state index in [-0.39, 0.29) is 12.1 Å². The fourth-order valence-corrected chi connectivity index (χ4v) is 4.26. The van der Waals surface area contributed by atoms with E-state index >= 15 is 0 Å². The van der Waals surface area contributed by atoms with E-state index in [4.69, 9.17) is 0 Å². The molecule has 8 heteroatoms. The van der Waals surface area contributed by atoms with Crippen LogP contribution in [0.3, 0.4) is 0 Å². The Bertz CT molecular complexity index is 1060. The largest absolute Gasteiger partial charge is 0.322 e. The highest BCUT2D eigenvalue weighted by atomic mass is 32.2. The Morgan fingerprint density at radius 1 is 1.11 bits per heavy atom. The van der Waals surface area contributed by atoms with E-state index in [1.165, 1.54) is 17.4 Å². The first kappa shape index (κ1) is 19.2. The lowest BCUT2D eigenvalue weighted by Gasteiger charge is -2.11. The molecule has 1 heterocycles. The SMILES string of the molecule is Cc1ccccc1NC(=O)c1ccc(F)c(S(=O)(=O)NCc2cccs2)c1. The van der Waals surface area contributed by atoms with E-state index in [9.17, 15) is 17.6 Å². The van der Waals surface area contributed by atoms with E-state index < -0.39 is 26.6 Å². The molecular formula is C19H17FN2O3S2. The van der Waals surface area contributed by atoms with Gasteiger partial charge in [-0.2, -0.15) is 0 Å². The summed E-state index contributed by atoms with van der Waals surface area (Å²) >= 11 is 1.39. The van der Waals surface area contributed by atoms with Gasteiger partial charge in [0.15, 0.2) is 0 Å². The van der Waals surface area contributed by atoms with Crippen LogP contribution in [0.25, 0.3) is 0 Å². The Morgan fingerprint density at radius 2 is 1.89 bits per heavy atom. The number of benzene rings is 2. The molecule has 0 unspecified atom stereocenters. The minimum absolute atomic E-state index is 0.0520. The number of halogens is 1. The van der Waals surface area contributed by atoms with Gasteiger partial charge in [-0.1, -0.05) is 24.3 Å². The fourth-order valence-electron chi connectivity index (χ4n) is 2.42. The third-order valence-corrected chi connectivity index (χ3v) is 6.19. The Labute approximate surface area is 160 Å². The van der Waals surface area contributed by atoms with Crippen LogP contribution >= 0.6 is 11.3 Å². The Hall–Kier alpha value is -2.55. The van der Waals surface area contributed by atoms with Gasteiger partial charge in [0.05, 0.1) is 0 Å². The highest BCUT2D eigenvalue weighted by Crippen LogP contribution is 2.20. The van der Waals surface area contributed by atoms with Crippen LogP contribution in [0.2, 0.25) is 0 Å². The van der Waals surface area contributed by atoms with E-state index in [0.29, 0.717) is 5.69 Å². The number of para-hydroxylation sites is 1. The maximum atomic E-state index is 14.1. The number of amides is 1. The summed E-state index contributed by atoms with van der Waals surface area (Å²) < 4.78 is 41.4. The maximum absolute atomic E-state index is 14.1. The van der Waals surface area contributed by atoms with Gasteiger partial charge in [0.2, 0.25) is 10.0 Å². The number of nitrogens with one attached hydrogen (secondary N) is 2. The molecule has 0 saturated heterocycles. The topological polar surface area (TPSA) is 75.3 Å². The van der Waals surface area contributed by atoms with Crippen molar-refractivity contribution in [2.75, 3.05) is 5.32 Å². The minimum atomic E-state index is -4.10. The standard InChI is InChI=1S/C19H17FN2O3S2/c1-13-5-2-3-7-17(13)22-19(23)14-8-9-16(20)18(11-14)27(24,25)21-12-15-6-4-10-26-15/h2-11,21H,12H2,1H3,(H,22,23). The first-order valence-corrected chi connectivity index (χ1v) is 10.4. The zero-order valence-electron chi connectivity index (χ0n) is 14.4. The molecule has 2 aromatic carbocycles. The predicted octanol–water partition coefficient (Wildman–Crippen LogP) is 3.93. The first-order valence-electron chi connectivity index (χ1n) is 8.05. The van der Waals surface area contributed by atoms with Gasteiger partial charge in [-0.25, -0.2) is 17.5 Å². The number of hydrogen-bond acceptors (Lipinski definition) is 4. The molecule has 0 atom stereocenters. The third-order valence-electron chi connectivity index (χ3n) is 3.89. The molecular weight excluding hydrogens is 387 g/mol. The molecule has 27 heavy (non-hydrogen) atoms. The quantitative estimate of drug-likeness (QED) is 0.654. The summed E-state index contributed by atoms with van der Waals surface area (Å²) in [7, 11) is -4.10. The summed E-state index contributed by atoms with van der Waals surface area (Å²) in [6, 6.07) is 14.0. The second-order valence-corrected chi connectivity index (χ2v) is 8.59. The molecule has 0 fully saturated rings. The molecule has 1 amide bonds. The monoisotopic (exact) mass is 404 g/mol. The molecule has 1 aromatic heterocycles. The molecule has 2 N–H and O–H groups in total. The van der Waals surface area contributed by atoms with Crippen LogP contribution in [0.15, 0.2) is 64.9 Å². The average Bonchev–Trinajstić information content (AvgIpc) is 3.16. The van der Waals surface area contributed by atoms with Gasteiger partial charge in [-0.05, 0) is 48.2 Å². The number of aryl methyl sites for hydroxylation is 1. The van der Waals surface area contributed by atoms with Crippen LogP contribution in [-0.4, -0.2) is 14.3 Å². The van der Waals surface area contributed by atoms with Gasteiger partial charge >= 0.3 is 0 Å². The third kappa shape index (κ3) is 4.60. The normalized spacial score (nSPS) is 11.3. The van der Waals surface area contributed by atoms with Crippen molar-refractivity contribution >= 4 is 33.0 Å². The molecule has 0 saturated carbocycles. The van der Waals surface area contributed by atoms with Crippen molar-refractivity contribution in [2.45, 2.75) is 18.4 Å². The molecule has 3 aromatic rings. The van der Waals surface area contributed by atoms with Crippen molar-refractivity contribution in [3.8, 4) is 0 Å². The lowest BCUT2D eigenvalue weighted by molar-refractivity contribution is 0.102. The molecule has 0 aliphatic rings. The van der Waals surface area contributed by atoms with E-state index in [1.807, 2.05) is 24.4 Å². The summed E-state index contributed by atoms with van der Waals surface area (Å²) in [6.07, 6.45) is 0. The Kier molecular flexibility index (Phi) is 5.69. The smallest absolute Gasteiger partial charge is 0.255 e. The fraction of sp³-hybridized carbons (Fsp3) is 0.105. The van der Waals surface area contributed by atoms with Crippen molar-refractivity contribution in [1.82, 2.24) is 4.72 Å². The van der Waals surface area contributed by atoms with E-state index in [2.05, 4.69) is 10.0 Å². The molecule has 0 aliphatic carbocycles. The van der Waals surface area contributed by atoms with Crippen LogP contribution in [0.1, 0.15) is 20.8 Å². The summed E-state index contributed by atoms with van der Waals surface area (Å²) in [5, 5.41) is 4.52. The highest BCUT2D eigenvalue weighted by molar-refractivity contribution is 7.89. The lowest BCUT2D eigenvalue weighted by Crippen LogP contribution is -2.24. The zero-order valence-corrected chi connectivity index (χ0v) is 16.0. The van der Waals surface area contributed by atoms with Gasteiger partial charge in [0, 0.05) is 22.7 Å². The summed E-state index contributed by atoms with van der Waals surface area (Å²) in [6.45, 7) is 1.89. The van der Waals surface area contributed by atoms with Gasteiger partial charge in [-0.3, -0.25) is 4.79 Å². The number of anilines is 1. The van der Waals surface area contributed by atoms with Gasteiger partial charge in [-0.15, -0.1) is 11.3 Å². The molecule has 0 spiro atoms. The van der Waals surface area contributed by atoms with Gasteiger partial charge in [0.1, 0.15) is 10.7 Å². The molecule has 0 aliphatic heterocycles. The van der Waals surface area contributed by atoms with Crippen LogP contribution in [0, 0.1) is 12.7 Å². The first-order chi connectivity index (χ1) is 12.9. The second kappa shape index (κ2) is 7.99. The van der Waals surface area contributed by atoms with Crippen LogP contribution in [0.5, 0.6) is 0 Å².